The molecule has 0 radical (unpaired) electrons. The first-order valence-corrected chi connectivity index (χ1v) is 9.78. The van der Waals surface area contributed by atoms with Gasteiger partial charge in [0.2, 0.25) is 0 Å². The maximum Gasteiger partial charge on any atom is 0.140 e. The Hall–Kier alpha value is -2.29. The molecule has 0 bridgehead atoms. The average Bonchev–Trinajstić information content (AvgIpc) is 2.98. The number of hydrogen-bond acceptors (Lipinski definition) is 3. The summed E-state index contributed by atoms with van der Waals surface area (Å²) in [6.07, 6.45) is 2.00. The molecule has 122 valence electrons. The molecule has 0 N–H and O–H groups in total. The van der Waals surface area contributed by atoms with Crippen molar-refractivity contribution in [3.63, 3.8) is 0 Å². The molecule has 3 nitrogen and oxygen atoms in total. The summed E-state index contributed by atoms with van der Waals surface area (Å²) in [4.78, 5) is 5.86. The van der Waals surface area contributed by atoms with E-state index in [2.05, 4.69) is 44.8 Å². The number of nitriles is 1. The van der Waals surface area contributed by atoms with Crippen molar-refractivity contribution < 1.29 is 0 Å². The molecular weight excluding hydrogens is 394 g/mol. The Balaban J connectivity index is 2.17. The van der Waals surface area contributed by atoms with Crippen LogP contribution in [0.3, 0.4) is 0 Å². The van der Waals surface area contributed by atoms with Crippen molar-refractivity contribution in [1.29, 1.82) is 5.26 Å². The molecule has 0 atom stereocenters. The molecule has 3 aromatic carbocycles. The van der Waals surface area contributed by atoms with E-state index in [9.17, 15) is 5.26 Å². The number of thioether (sulfide) groups is 1. The molecule has 0 amide bonds. The fourth-order valence-corrected chi connectivity index (χ4v) is 4.24. The number of rotatable bonds is 2. The summed E-state index contributed by atoms with van der Waals surface area (Å²) in [7, 11) is 2.04. The number of hydrogen-bond donors (Lipinski definition) is 0. The van der Waals surface area contributed by atoms with E-state index in [1.807, 2.05) is 43.6 Å². The van der Waals surface area contributed by atoms with Gasteiger partial charge in [-0.05, 0) is 18.4 Å². The Morgan fingerprint density at radius 2 is 1.76 bits per heavy atom. The summed E-state index contributed by atoms with van der Waals surface area (Å²) < 4.78 is 3.17. The van der Waals surface area contributed by atoms with E-state index in [1.54, 1.807) is 11.8 Å². The fraction of sp³-hybridized carbons (Fsp3) is 0.100. The summed E-state index contributed by atoms with van der Waals surface area (Å²) in [6, 6.07) is 18.6. The van der Waals surface area contributed by atoms with Crippen LogP contribution in [0.15, 0.2) is 57.9 Å². The second-order valence-electron chi connectivity index (χ2n) is 5.76. The van der Waals surface area contributed by atoms with Crippen molar-refractivity contribution in [3.05, 3.63) is 58.6 Å². The van der Waals surface area contributed by atoms with Crippen LogP contribution in [0.25, 0.3) is 33.2 Å². The van der Waals surface area contributed by atoms with Gasteiger partial charge >= 0.3 is 0 Å². The Morgan fingerprint density at radius 1 is 1.08 bits per heavy atom. The first-order valence-electron chi connectivity index (χ1n) is 7.77. The molecule has 5 heteroatoms. The van der Waals surface area contributed by atoms with Crippen molar-refractivity contribution in [2.45, 2.75) is 4.90 Å². The van der Waals surface area contributed by atoms with Crippen LogP contribution in [0, 0.1) is 11.3 Å². The van der Waals surface area contributed by atoms with E-state index in [0.717, 1.165) is 42.6 Å². The van der Waals surface area contributed by atoms with Crippen LogP contribution >= 0.6 is 27.7 Å². The second kappa shape index (κ2) is 6.21. The minimum atomic E-state index is 0.705. The van der Waals surface area contributed by atoms with Crippen LogP contribution < -0.4 is 0 Å². The zero-order valence-corrected chi connectivity index (χ0v) is 16.1. The summed E-state index contributed by atoms with van der Waals surface area (Å²) in [5, 5.41) is 11.8. The van der Waals surface area contributed by atoms with E-state index >= 15 is 0 Å². The molecule has 0 saturated heterocycles. The molecule has 1 aromatic heterocycles. The van der Waals surface area contributed by atoms with Crippen LogP contribution in [-0.4, -0.2) is 15.8 Å². The molecule has 0 aliphatic rings. The third kappa shape index (κ3) is 2.45. The highest BCUT2D eigenvalue weighted by atomic mass is 79.9. The number of aromatic nitrogens is 2. The topological polar surface area (TPSA) is 41.6 Å². The highest BCUT2D eigenvalue weighted by molar-refractivity contribution is 9.10. The van der Waals surface area contributed by atoms with E-state index in [4.69, 9.17) is 4.98 Å². The minimum absolute atomic E-state index is 0.705. The molecule has 0 aliphatic carbocycles. The first-order chi connectivity index (χ1) is 12.2. The van der Waals surface area contributed by atoms with E-state index < -0.39 is 0 Å². The maximum absolute atomic E-state index is 9.73. The first kappa shape index (κ1) is 16.2. The van der Waals surface area contributed by atoms with Crippen molar-refractivity contribution in [3.8, 4) is 17.5 Å². The summed E-state index contributed by atoms with van der Waals surface area (Å²) in [5.74, 6) is 0.901. The molecular formula is C20H14BrN3S. The third-order valence-corrected chi connectivity index (χ3v) is 5.74. The van der Waals surface area contributed by atoms with Gasteiger partial charge in [0.15, 0.2) is 0 Å². The van der Waals surface area contributed by atoms with Crippen molar-refractivity contribution in [1.82, 2.24) is 9.55 Å². The van der Waals surface area contributed by atoms with Gasteiger partial charge in [-0.2, -0.15) is 5.26 Å². The monoisotopic (exact) mass is 407 g/mol. The number of nitrogens with zero attached hydrogens (tertiary/aromatic N) is 3. The van der Waals surface area contributed by atoms with Gasteiger partial charge in [0.1, 0.15) is 17.4 Å². The molecule has 4 aromatic rings. The normalized spacial score (nSPS) is 11.1. The lowest BCUT2D eigenvalue weighted by Crippen LogP contribution is -1.94. The predicted octanol–water partition coefficient (Wildman–Crippen LogP) is 5.75. The molecule has 0 saturated carbocycles. The van der Waals surface area contributed by atoms with Gasteiger partial charge < -0.3 is 4.57 Å². The second-order valence-corrected chi connectivity index (χ2v) is 7.50. The van der Waals surface area contributed by atoms with Crippen LogP contribution in [0.5, 0.6) is 0 Å². The Kier molecular flexibility index (Phi) is 4.03. The van der Waals surface area contributed by atoms with Crippen LogP contribution in [0.1, 0.15) is 5.56 Å². The lowest BCUT2D eigenvalue weighted by Gasteiger charge is -2.09. The van der Waals surface area contributed by atoms with Crippen molar-refractivity contribution in [2.75, 3.05) is 6.26 Å². The Morgan fingerprint density at radius 3 is 2.40 bits per heavy atom. The number of aryl methyl sites for hydroxylation is 1. The van der Waals surface area contributed by atoms with Crippen molar-refractivity contribution >= 4 is 49.5 Å². The standard InChI is InChI=1S/C20H14BrN3S/c1-24-18-15-6-4-3-5-14(15)16(11-22)19(25-2)17(18)23-20(24)12-7-9-13(21)10-8-12/h3-10H,1-2H3. The van der Waals surface area contributed by atoms with Crippen molar-refractivity contribution in [2.24, 2.45) is 7.05 Å². The molecule has 4 rings (SSSR count). The summed E-state index contributed by atoms with van der Waals surface area (Å²) >= 11 is 5.06. The third-order valence-electron chi connectivity index (χ3n) is 4.41. The van der Waals surface area contributed by atoms with E-state index in [-0.39, 0.29) is 0 Å². The van der Waals surface area contributed by atoms with Crippen LogP contribution in [0.4, 0.5) is 0 Å². The van der Waals surface area contributed by atoms with Gasteiger partial charge in [-0.25, -0.2) is 4.98 Å². The SMILES string of the molecule is CSc1c(C#N)c2ccccc2c2c1nc(-c1ccc(Br)cc1)n2C. The number of halogens is 1. The van der Waals surface area contributed by atoms with Crippen LogP contribution in [-0.2, 0) is 7.05 Å². The average molecular weight is 408 g/mol. The smallest absolute Gasteiger partial charge is 0.140 e. The largest absolute Gasteiger partial charge is 0.327 e. The quantitative estimate of drug-likeness (QED) is 0.397. The van der Waals surface area contributed by atoms with E-state index in [0.29, 0.717) is 5.56 Å². The molecule has 0 aliphatic heterocycles. The zero-order chi connectivity index (χ0) is 17.6. The molecule has 1 heterocycles. The minimum Gasteiger partial charge on any atom is -0.327 e. The van der Waals surface area contributed by atoms with Gasteiger partial charge in [0.25, 0.3) is 0 Å². The Labute approximate surface area is 158 Å². The lowest BCUT2D eigenvalue weighted by atomic mass is 10.0. The van der Waals surface area contributed by atoms with E-state index in [1.165, 1.54) is 0 Å². The van der Waals surface area contributed by atoms with Gasteiger partial charge in [0, 0.05) is 27.9 Å². The zero-order valence-electron chi connectivity index (χ0n) is 13.7. The number of fused-ring (bicyclic) bond motifs is 3. The maximum atomic E-state index is 9.73. The number of benzene rings is 3. The summed E-state index contributed by atoms with van der Waals surface area (Å²) in [5.41, 5.74) is 3.72. The van der Waals surface area contributed by atoms with Gasteiger partial charge in [0.05, 0.1) is 16.0 Å². The highest BCUT2D eigenvalue weighted by Gasteiger charge is 2.20. The molecule has 0 unspecified atom stereocenters. The fourth-order valence-electron chi connectivity index (χ4n) is 3.28. The van der Waals surface area contributed by atoms with Gasteiger partial charge in [-0.3, -0.25) is 0 Å². The predicted molar refractivity (Wildman–Crippen MR) is 108 cm³/mol. The van der Waals surface area contributed by atoms with Gasteiger partial charge in [-0.1, -0.05) is 52.3 Å². The van der Waals surface area contributed by atoms with Crippen LogP contribution in [0.2, 0.25) is 0 Å². The molecule has 0 spiro atoms. The molecule has 25 heavy (non-hydrogen) atoms. The lowest BCUT2D eigenvalue weighted by molar-refractivity contribution is 0.962. The molecule has 0 fully saturated rings. The Bertz CT molecular complexity index is 1150. The van der Waals surface area contributed by atoms with Gasteiger partial charge in [-0.15, -0.1) is 11.8 Å². The summed E-state index contributed by atoms with van der Waals surface area (Å²) in [6.45, 7) is 0. The number of imidazole rings is 1. The highest BCUT2D eigenvalue weighted by Crippen LogP contribution is 2.38.